The fraction of sp³-hybridized carbons (Fsp3) is 0.200. The third-order valence-corrected chi connectivity index (χ3v) is 1.78. The van der Waals surface area contributed by atoms with Crippen LogP contribution in [0.15, 0.2) is 36.5 Å². The molecule has 1 aromatic carbocycles. The highest BCUT2D eigenvalue weighted by Crippen LogP contribution is 2.09. The Labute approximate surface area is 82.1 Å². The van der Waals surface area contributed by atoms with E-state index < -0.39 is 0 Å². The highest BCUT2D eigenvalue weighted by atomic mass is 16.5. The molecular weight excluding hydrogens is 178 g/mol. The van der Waals surface area contributed by atoms with Gasteiger partial charge in [-0.05, 0) is 12.1 Å². The molecule has 4 heteroatoms. The zero-order valence-corrected chi connectivity index (χ0v) is 7.92. The molecule has 0 saturated carbocycles. The van der Waals surface area contributed by atoms with Crippen LogP contribution in [0.4, 0.5) is 0 Å². The van der Waals surface area contributed by atoms with Gasteiger partial charge >= 0.3 is 0 Å². The van der Waals surface area contributed by atoms with E-state index >= 15 is 0 Å². The molecule has 0 bridgehead atoms. The molecular formula is C10H11N3O. The largest absolute Gasteiger partial charge is 0.487 e. The minimum atomic E-state index is 0.456. The molecule has 0 fully saturated rings. The molecule has 0 aliphatic carbocycles. The second-order valence-corrected chi connectivity index (χ2v) is 2.93. The molecule has 0 aliphatic heterocycles. The van der Waals surface area contributed by atoms with Crippen molar-refractivity contribution in [2.24, 2.45) is 7.05 Å². The SMILES string of the molecule is Cn1ncc(COc2ccccc2)n1. The van der Waals surface area contributed by atoms with Crippen LogP contribution in [-0.2, 0) is 13.7 Å². The molecule has 0 atom stereocenters. The molecule has 14 heavy (non-hydrogen) atoms. The standard InChI is InChI=1S/C10H11N3O/c1-13-11-7-9(12-13)8-14-10-5-3-2-4-6-10/h2-7H,8H2,1H3. The number of para-hydroxylation sites is 1. The number of aromatic nitrogens is 3. The summed E-state index contributed by atoms with van der Waals surface area (Å²) in [5, 5.41) is 8.06. The zero-order valence-electron chi connectivity index (χ0n) is 7.92. The lowest BCUT2D eigenvalue weighted by atomic mass is 10.3. The van der Waals surface area contributed by atoms with E-state index in [0.29, 0.717) is 6.61 Å². The highest BCUT2D eigenvalue weighted by Gasteiger charge is 1.98. The van der Waals surface area contributed by atoms with Gasteiger partial charge in [0.05, 0.1) is 6.20 Å². The maximum absolute atomic E-state index is 5.49. The molecule has 0 amide bonds. The quantitative estimate of drug-likeness (QED) is 0.732. The first-order valence-corrected chi connectivity index (χ1v) is 4.37. The van der Waals surface area contributed by atoms with Gasteiger partial charge in [0, 0.05) is 7.05 Å². The first-order valence-electron chi connectivity index (χ1n) is 4.37. The van der Waals surface area contributed by atoms with Crippen LogP contribution in [0.3, 0.4) is 0 Å². The Hall–Kier alpha value is -1.84. The molecule has 0 radical (unpaired) electrons. The van der Waals surface area contributed by atoms with Crippen molar-refractivity contribution in [1.82, 2.24) is 15.0 Å². The van der Waals surface area contributed by atoms with E-state index in [0.717, 1.165) is 11.4 Å². The summed E-state index contributed by atoms with van der Waals surface area (Å²) in [4.78, 5) is 1.52. The first kappa shape index (κ1) is 8.74. The van der Waals surface area contributed by atoms with Crippen LogP contribution in [0, 0.1) is 0 Å². The second kappa shape index (κ2) is 3.91. The van der Waals surface area contributed by atoms with Crippen molar-refractivity contribution in [3.63, 3.8) is 0 Å². The van der Waals surface area contributed by atoms with Crippen LogP contribution in [0.1, 0.15) is 5.69 Å². The Bertz CT molecular complexity index is 397. The molecule has 0 spiro atoms. The van der Waals surface area contributed by atoms with Crippen LogP contribution in [0.2, 0.25) is 0 Å². The number of ether oxygens (including phenoxy) is 1. The van der Waals surface area contributed by atoms with Crippen LogP contribution in [0.25, 0.3) is 0 Å². The van der Waals surface area contributed by atoms with E-state index in [1.54, 1.807) is 13.2 Å². The summed E-state index contributed by atoms with van der Waals surface area (Å²) in [5.41, 5.74) is 0.830. The molecule has 0 aliphatic rings. The minimum absolute atomic E-state index is 0.456. The highest BCUT2D eigenvalue weighted by molar-refractivity contribution is 5.21. The summed E-state index contributed by atoms with van der Waals surface area (Å²) in [7, 11) is 1.78. The summed E-state index contributed by atoms with van der Waals surface area (Å²) < 4.78 is 5.49. The van der Waals surface area contributed by atoms with Crippen molar-refractivity contribution in [2.45, 2.75) is 6.61 Å². The smallest absolute Gasteiger partial charge is 0.134 e. The number of hydrogen-bond donors (Lipinski definition) is 0. The third-order valence-electron chi connectivity index (χ3n) is 1.78. The molecule has 4 nitrogen and oxygen atoms in total. The Morgan fingerprint density at radius 2 is 2.07 bits per heavy atom. The lowest BCUT2D eigenvalue weighted by Gasteiger charge is -2.01. The van der Waals surface area contributed by atoms with Gasteiger partial charge in [-0.25, -0.2) is 0 Å². The zero-order chi connectivity index (χ0) is 9.80. The molecule has 72 valence electrons. The third kappa shape index (κ3) is 2.10. The average molecular weight is 189 g/mol. The van der Waals surface area contributed by atoms with Gasteiger partial charge in [-0.15, -0.1) is 0 Å². The van der Waals surface area contributed by atoms with E-state index in [9.17, 15) is 0 Å². The Kier molecular flexibility index (Phi) is 2.44. The average Bonchev–Trinajstić information content (AvgIpc) is 2.63. The fourth-order valence-electron chi connectivity index (χ4n) is 1.13. The number of rotatable bonds is 3. The van der Waals surface area contributed by atoms with E-state index in [2.05, 4.69) is 10.2 Å². The van der Waals surface area contributed by atoms with Gasteiger partial charge in [-0.1, -0.05) is 18.2 Å². The predicted molar refractivity (Wildman–Crippen MR) is 51.8 cm³/mol. The van der Waals surface area contributed by atoms with Gasteiger partial charge in [0.25, 0.3) is 0 Å². The molecule has 2 rings (SSSR count). The van der Waals surface area contributed by atoms with E-state index in [1.807, 2.05) is 30.3 Å². The summed E-state index contributed by atoms with van der Waals surface area (Å²) in [6, 6.07) is 9.65. The summed E-state index contributed by atoms with van der Waals surface area (Å²) in [6.07, 6.45) is 1.70. The Balaban J connectivity index is 1.95. The van der Waals surface area contributed by atoms with Gasteiger partial charge in [0.1, 0.15) is 18.1 Å². The van der Waals surface area contributed by atoms with E-state index in [4.69, 9.17) is 4.74 Å². The summed E-state index contributed by atoms with van der Waals surface area (Å²) in [6.45, 7) is 0.456. The molecule has 1 aromatic heterocycles. The number of benzene rings is 1. The molecule has 2 aromatic rings. The van der Waals surface area contributed by atoms with Gasteiger partial charge < -0.3 is 4.74 Å². The van der Waals surface area contributed by atoms with Crippen molar-refractivity contribution in [2.75, 3.05) is 0 Å². The van der Waals surface area contributed by atoms with Gasteiger partial charge in [0.15, 0.2) is 0 Å². The topological polar surface area (TPSA) is 39.9 Å². The van der Waals surface area contributed by atoms with Crippen molar-refractivity contribution in [3.8, 4) is 5.75 Å². The molecule has 0 N–H and O–H groups in total. The Morgan fingerprint density at radius 3 is 2.71 bits per heavy atom. The summed E-state index contributed by atoms with van der Waals surface area (Å²) >= 11 is 0. The van der Waals surface area contributed by atoms with Crippen molar-refractivity contribution in [1.29, 1.82) is 0 Å². The minimum Gasteiger partial charge on any atom is -0.487 e. The maximum atomic E-state index is 5.49. The van der Waals surface area contributed by atoms with Crippen molar-refractivity contribution in [3.05, 3.63) is 42.2 Å². The van der Waals surface area contributed by atoms with Crippen LogP contribution in [-0.4, -0.2) is 15.0 Å². The molecule has 0 saturated heterocycles. The Morgan fingerprint density at radius 1 is 1.29 bits per heavy atom. The van der Waals surface area contributed by atoms with Crippen LogP contribution < -0.4 is 4.74 Å². The molecule has 1 heterocycles. The first-order chi connectivity index (χ1) is 6.84. The van der Waals surface area contributed by atoms with Crippen LogP contribution >= 0.6 is 0 Å². The predicted octanol–water partition coefficient (Wildman–Crippen LogP) is 1.39. The lowest BCUT2D eigenvalue weighted by Crippen LogP contribution is -1.98. The number of aryl methyl sites for hydroxylation is 1. The van der Waals surface area contributed by atoms with Crippen molar-refractivity contribution < 1.29 is 4.74 Å². The van der Waals surface area contributed by atoms with Crippen molar-refractivity contribution >= 4 is 0 Å². The van der Waals surface area contributed by atoms with E-state index in [-0.39, 0.29) is 0 Å². The number of hydrogen-bond acceptors (Lipinski definition) is 3. The monoisotopic (exact) mass is 189 g/mol. The van der Waals surface area contributed by atoms with Crippen LogP contribution in [0.5, 0.6) is 5.75 Å². The maximum Gasteiger partial charge on any atom is 0.134 e. The lowest BCUT2D eigenvalue weighted by molar-refractivity contribution is 0.300. The molecule has 0 unspecified atom stereocenters. The van der Waals surface area contributed by atoms with Gasteiger partial charge in [-0.2, -0.15) is 15.0 Å². The fourth-order valence-corrected chi connectivity index (χ4v) is 1.13. The normalized spacial score (nSPS) is 10.1. The second-order valence-electron chi connectivity index (χ2n) is 2.93. The number of nitrogens with zero attached hydrogens (tertiary/aromatic N) is 3. The van der Waals surface area contributed by atoms with Gasteiger partial charge in [0.2, 0.25) is 0 Å². The van der Waals surface area contributed by atoms with Gasteiger partial charge in [-0.3, -0.25) is 0 Å². The summed E-state index contributed by atoms with van der Waals surface area (Å²) in [5.74, 6) is 0.846. The van der Waals surface area contributed by atoms with E-state index in [1.165, 1.54) is 4.80 Å².